The van der Waals surface area contributed by atoms with Gasteiger partial charge in [-0.3, -0.25) is 9.59 Å². The molecular formula is C13H17ClN2O3. The molecule has 0 fully saturated rings. The first-order chi connectivity index (χ1) is 9.08. The van der Waals surface area contributed by atoms with Crippen LogP contribution in [0.2, 0.25) is 5.15 Å². The largest absolute Gasteiger partial charge is 0.465 e. The van der Waals surface area contributed by atoms with Gasteiger partial charge in [0.25, 0.3) is 5.91 Å². The van der Waals surface area contributed by atoms with E-state index in [9.17, 15) is 9.59 Å². The average Bonchev–Trinajstić information content (AvgIpc) is 2.37. The van der Waals surface area contributed by atoms with Crippen molar-refractivity contribution in [2.45, 2.75) is 20.3 Å². The number of hydrogen-bond acceptors (Lipinski definition) is 4. The van der Waals surface area contributed by atoms with Crippen molar-refractivity contribution < 1.29 is 14.3 Å². The molecule has 1 rings (SSSR count). The monoisotopic (exact) mass is 284 g/mol. The Labute approximate surface area is 117 Å². The summed E-state index contributed by atoms with van der Waals surface area (Å²) in [6.07, 6.45) is 2.22. The molecule has 104 valence electrons. The van der Waals surface area contributed by atoms with Crippen LogP contribution in [0.25, 0.3) is 0 Å². The van der Waals surface area contributed by atoms with Crippen LogP contribution < -0.4 is 0 Å². The fraction of sp³-hybridized carbons (Fsp3) is 0.462. The van der Waals surface area contributed by atoms with Gasteiger partial charge in [0, 0.05) is 18.3 Å². The Morgan fingerprint density at radius 1 is 1.42 bits per heavy atom. The van der Waals surface area contributed by atoms with Crippen molar-refractivity contribution in [1.29, 1.82) is 0 Å². The molecule has 19 heavy (non-hydrogen) atoms. The molecule has 0 spiro atoms. The second-order valence-electron chi connectivity index (χ2n) is 3.90. The summed E-state index contributed by atoms with van der Waals surface area (Å²) in [6, 6.07) is 3.06. The SMILES string of the molecule is CCCN(CC(=O)OCC)C(=O)c1ccnc(Cl)c1. The second-order valence-corrected chi connectivity index (χ2v) is 4.29. The third kappa shape index (κ3) is 4.87. The highest BCUT2D eigenvalue weighted by Crippen LogP contribution is 2.10. The predicted molar refractivity (Wildman–Crippen MR) is 72.1 cm³/mol. The maximum Gasteiger partial charge on any atom is 0.325 e. The molecule has 1 aromatic heterocycles. The Kier molecular flexibility index (Phi) is 6.29. The molecule has 6 heteroatoms. The van der Waals surface area contributed by atoms with Gasteiger partial charge in [0.1, 0.15) is 11.7 Å². The molecule has 0 aliphatic carbocycles. The molecule has 0 saturated heterocycles. The minimum absolute atomic E-state index is 0.0551. The molecule has 0 saturated carbocycles. The molecule has 0 atom stereocenters. The minimum Gasteiger partial charge on any atom is -0.465 e. The van der Waals surface area contributed by atoms with Gasteiger partial charge in [-0.05, 0) is 25.5 Å². The highest BCUT2D eigenvalue weighted by Gasteiger charge is 2.19. The van der Waals surface area contributed by atoms with Gasteiger partial charge in [-0.15, -0.1) is 0 Å². The summed E-state index contributed by atoms with van der Waals surface area (Å²) >= 11 is 5.75. The number of rotatable bonds is 6. The van der Waals surface area contributed by atoms with Crippen molar-refractivity contribution in [3.05, 3.63) is 29.0 Å². The van der Waals surface area contributed by atoms with Gasteiger partial charge < -0.3 is 9.64 Å². The van der Waals surface area contributed by atoms with E-state index in [2.05, 4.69) is 4.98 Å². The molecule has 1 heterocycles. The van der Waals surface area contributed by atoms with Crippen LogP contribution in [0.5, 0.6) is 0 Å². The molecule has 0 bridgehead atoms. The van der Waals surface area contributed by atoms with Gasteiger partial charge in [-0.1, -0.05) is 18.5 Å². The van der Waals surface area contributed by atoms with Gasteiger partial charge in [-0.2, -0.15) is 0 Å². The molecule has 1 amide bonds. The van der Waals surface area contributed by atoms with Crippen LogP contribution in [0, 0.1) is 0 Å². The summed E-state index contributed by atoms with van der Waals surface area (Å²) in [5, 5.41) is 0.249. The van der Waals surface area contributed by atoms with Crippen LogP contribution in [-0.4, -0.2) is 41.5 Å². The standard InChI is InChI=1S/C13H17ClN2O3/c1-3-7-16(9-12(17)19-4-2)13(18)10-5-6-15-11(14)8-10/h5-6,8H,3-4,7,9H2,1-2H3. The van der Waals surface area contributed by atoms with Gasteiger partial charge in [-0.25, -0.2) is 4.98 Å². The van der Waals surface area contributed by atoms with Crippen LogP contribution >= 0.6 is 11.6 Å². The van der Waals surface area contributed by atoms with Crippen LogP contribution in [0.15, 0.2) is 18.3 Å². The molecule has 0 unspecified atom stereocenters. The number of aromatic nitrogens is 1. The van der Waals surface area contributed by atoms with Crippen molar-refractivity contribution in [2.24, 2.45) is 0 Å². The van der Waals surface area contributed by atoms with Crippen LogP contribution in [0.1, 0.15) is 30.6 Å². The summed E-state index contributed by atoms with van der Waals surface area (Å²) < 4.78 is 4.86. The minimum atomic E-state index is -0.413. The van der Waals surface area contributed by atoms with Gasteiger partial charge in [0.05, 0.1) is 6.61 Å². The van der Waals surface area contributed by atoms with E-state index in [1.54, 1.807) is 13.0 Å². The van der Waals surface area contributed by atoms with Crippen LogP contribution in [0.3, 0.4) is 0 Å². The smallest absolute Gasteiger partial charge is 0.325 e. The van der Waals surface area contributed by atoms with Gasteiger partial charge in [0.2, 0.25) is 0 Å². The van der Waals surface area contributed by atoms with E-state index in [0.29, 0.717) is 18.7 Å². The van der Waals surface area contributed by atoms with Crippen LogP contribution in [-0.2, 0) is 9.53 Å². The molecule has 0 aliphatic heterocycles. The quantitative estimate of drug-likeness (QED) is 0.593. The molecule has 5 nitrogen and oxygen atoms in total. The van der Waals surface area contributed by atoms with Crippen molar-refractivity contribution >= 4 is 23.5 Å². The predicted octanol–water partition coefficient (Wildman–Crippen LogP) is 2.15. The first kappa shape index (κ1) is 15.4. The van der Waals surface area contributed by atoms with Crippen molar-refractivity contribution in [3.63, 3.8) is 0 Å². The molecule has 0 radical (unpaired) electrons. The number of carbonyl (C=O) groups is 2. The summed E-state index contributed by atoms with van der Waals surface area (Å²) in [7, 11) is 0. The second kappa shape index (κ2) is 7.74. The lowest BCUT2D eigenvalue weighted by molar-refractivity contribution is -0.143. The summed E-state index contributed by atoms with van der Waals surface area (Å²) in [6.45, 7) is 4.39. The molecule has 0 aliphatic rings. The topological polar surface area (TPSA) is 59.5 Å². The van der Waals surface area contributed by atoms with E-state index in [1.807, 2.05) is 6.92 Å². The Balaban J connectivity index is 2.80. The summed E-state index contributed by atoms with van der Waals surface area (Å²) in [5.74, 6) is -0.663. The molecular weight excluding hydrogens is 268 g/mol. The number of esters is 1. The Hall–Kier alpha value is -1.62. The first-order valence-electron chi connectivity index (χ1n) is 6.15. The maximum atomic E-state index is 12.3. The Bertz CT molecular complexity index is 451. The summed E-state index contributed by atoms with van der Waals surface area (Å²) in [4.78, 5) is 29.0. The highest BCUT2D eigenvalue weighted by molar-refractivity contribution is 6.29. The molecule has 1 aromatic rings. The highest BCUT2D eigenvalue weighted by atomic mass is 35.5. The zero-order valence-corrected chi connectivity index (χ0v) is 11.8. The lowest BCUT2D eigenvalue weighted by atomic mass is 10.2. The molecule has 0 N–H and O–H groups in total. The van der Waals surface area contributed by atoms with Crippen molar-refractivity contribution in [2.75, 3.05) is 19.7 Å². The van der Waals surface area contributed by atoms with Gasteiger partial charge >= 0.3 is 5.97 Å². The van der Waals surface area contributed by atoms with Gasteiger partial charge in [0.15, 0.2) is 0 Å². The van der Waals surface area contributed by atoms with E-state index in [1.165, 1.54) is 17.2 Å². The normalized spacial score (nSPS) is 10.1. The van der Waals surface area contributed by atoms with E-state index in [0.717, 1.165) is 6.42 Å². The third-order valence-corrected chi connectivity index (χ3v) is 2.59. The van der Waals surface area contributed by atoms with E-state index >= 15 is 0 Å². The Morgan fingerprint density at radius 3 is 2.74 bits per heavy atom. The number of nitrogens with zero attached hydrogens (tertiary/aromatic N) is 2. The summed E-state index contributed by atoms with van der Waals surface area (Å²) in [5.41, 5.74) is 0.415. The Morgan fingerprint density at radius 2 is 2.16 bits per heavy atom. The van der Waals surface area contributed by atoms with Crippen molar-refractivity contribution in [1.82, 2.24) is 9.88 Å². The first-order valence-corrected chi connectivity index (χ1v) is 6.52. The zero-order chi connectivity index (χ0) is 14.3. The molecule has 0 aromatic carbocycles. The third-order valence-electron chi connectivity index (χ3n) is 2.38. The zero-order valence-electron chi connectivity index (χ0n) is 11.1. The van der Waals surface area contributed by atoms with E-state index < -0.39 is 5.97 Å². The van der Waals surface area contributed by atoms with Crippen molar-refractivity contribution in [3.8, 4) is 0 Å². The number of amides is 1. The lowest BCUT2D eigenvalue weighted by Gasteiger charge is -2.21. The van der Waals surface area contributed by atoms with E-state index in [-0.39, 0.29) is 17.6 Å². The fourth-order valence-corrected chi connectivity index (χ4v) is 1.78. The maximum absolute atomic E-state index is 12.3. The number of pyridine rings is 1. The lowest BCUT2D eigenvalue weighted by Crippen LogP contribution is -2.37. The fourth-order valence-electron chi connectivity index (χ4n) is 1.60. The van der Waals surface area contributed by atoms with Crippen LogP contribution in [0.4, 0.5) is 0 Å². The average molecular weight is 285 g/mol. The number of carbonyl (C=O) groups excluding carboxylic acids is 2. The van der Waals surface area contributed by atoms with E-state index in [4.69, 9.17) is 16.3 Å². The number of ether oxygens (including phenoxy) is 1. The number of halogens is 1. The number of hydrogen-bond donors (Lipinski definition) is 0.